The molecule has 4 nitrogen and oxygen atoms in total. The van der Waals surface area contributed by atoms with Crippen LogP contribution in [-0.4, -0.2) is 61.9 Å². The highest BCUT2D eigenvalue weighted by molar-refractivity contribution is 6.74. The van der Waals surface area contributed by atoms with Crippen LogP contribution in [0.4, 0.5) is 0 Å². The van der Waals surface area contributed by atoms with Crippen molar-refractivity contribution in [2.45, 2.75) is 57.5 Å². The minimum Gasteiger partial charge on any atom is -0.413 e. The average Bonchev–Trinajstić information content (AvgIpc) is 2.66. The van der Waals surface area contributed by atoms with Gasteiger partial charge in [0, 0.05) is 13.1 Å². The van der Waals surface area contributed by atoms with E-state index in [1.807, 2.05) is 0 Å². The second-order valence-electron chi connectivity index (χ2n) is 6.80. The molecule has 5 heteroatoms. The lowest BCUT2D eigenvalue weighted by Gasteiger charge is -2.38. The predicted molar refractivity (Wildman–Crippen MR) is 76.2 cm³/mol. The van der Waals surface area contributed by atoms with Crippen molar-refractivity contribution in [2.24, 2.45) is 0 Å². The van der Waals surface area contributed by atoms with Crippen molar-refractivity contribution < 1.29 is 14.6 Å². The molecule has 1 saturated heterocycles. The van der Waals surface area contributed by atoms with Gasteiger partial charge in [-0.2, -0.15) is 0 Å². The molecule has 1 heterocycles. The van der Waals surface area contributed by atoms with E-state index in [0.717, 1.165) is 19.5 Å². The summed E-state index contributed by atoms with van der Waals surface area (Å²) in [6, 6.07) is -0.127. The van der Waals surface area contributed by atoms with Crippen molar-refractivity contribution in [3.8, 4) is 0 Å². The summed E-state index contributed by atoms with van der Waals surface area (Å²) in [4.78, 5) is 2.14. The molecule has 0 unspecified atom stereocenters. The van der Waals surface area contributed by atoms with Crippen LogP contribution < -0.4 is 0 Å². The number of likely N-dealkylation sites (tertiary alicyclic amines) is 1. The number of nitrogens with zero attached hydrogens (tertiary/aromatic N) is 1. The molecular formula is C13H29NO3Si. The van der Waals surface area contributed by atoms with Crippen molar-refractivity contribution in [1.82, 2.24) is 4.90 Å². The van der Waals surface area contributed by atoms with Gasteiger partial charge >= 0.3 is 0 Å². The van der Waals surface area contributed by atoms with Gasteiger partial charge in [0.1, 0.15) is 0 Å². The number of hydrogen-bond acceptors (Lipinski definition) is 4. The van der Waals surface area contributed by atoms with E-state index < -0.39 is 8.32 Å². The Morgan fingerprint density at radius 3 is 2.28 bits per heavy atom. The maximum atomic E-state index is 9.20. The van der Waals surface area contributed by atoms with Crippen molar-refractivity contribution in [2.75, 3.05) is 26.3 Å². The number of aliphatic hydroxyl groups is 2. The van der Waals surface area contributed by atoms with Gasteiger partial charge in [0.2, 0.25) is 0 Å². The summed E-state index contributed by atoms with van der Waals surface area (Å²) in [5.41, 5.74) is 0. The van der Waals surface area contributed by atoms with Crippen molar-refractivity contribution in [3.63, 3.8) is 0 Å². The maximum Gasteiger partial charge on any atom is 0.192 e. The van der Waals surface area contributed by atoms with Crippen molar-refractivity contribution in [3.05, 3.63) is 0 Å². The lowest BCUT2D eigenvalue weighted by atomic mass is 10.2. The highest BCUT2D eigenvalue weighted by Crippen LogP contribution is 2.38. The van der Waals surface area contributed by atoms with E-state index in [-0.39, 0.29) is 30.4 Å². The van der Waals surface area contributed by atoms with Gasteiger partial charge in [-0.3, -0.25) is 4.90 Å². The van der Waals surface area contributed by atoms with E-state index in [0.29, 0.717) is 0 Å². The third-order valence-corrected chi connectivity index (χ3v) is 8.92. The van der Waals surface area contributed by atoms with Crippen LogP contribution in [0.2, 0.25) is 18.1 Å². The van der Waals surface area contributed by atoms with Crippen LogP contribution in [-0.2, 0) is 4.43 Å². The molecule has 108 valence electrons. The number of aliphatic hydroxyl groups excluding tert-OH is 2. The van der Waals surface area contributed by atoms with Crippen LogP contribution in [0.15, 0.2) is 0 Å². The second kappa shape index (κ2) is 6.01. The van der Waals surface area contributed by atoms with E-state index in [4.69, 9.17) is 4.43 Å². The Balaban J connectivity index is 2.53. The molecule has 1 aliphatic heterocycles. The SMILES string of the molecule is CC(C)(C)[Si](C)(C)O[C@H]1CCN(C(CO)CO)C1. The van der Waals surface area contributed by atoms with Gasteiger partial charge < -0.3 is 14.6 Å². The zero-order valence-electron chi connectivity index (χ0n) is 12.4. The molecule has 1 fully saturated rings. The van der Waals surface area contributed by atoms with Gasteiger partial charge in [-0.05, 0) is 24.6 Å². The first-order valence-corrected chi connectivity index (χ1v) is 9.75. The van der Waals surface area contributed by atoms with Crippen LogP contribution in [0.3, 0.4) is 0 Å². The number of rotatable bonds is 5. The summed E-state index contributed by atoms with van der Waals surface area (Å²) < 4.78 is 6.37. The van der Waals surface area contributed by atoms with Gasteiger partial charge in [0.05, 0.1) is 25.4 Å². The van der Waals surface area contributed by atoms with Crippen molar-refractivity contribution in [1.29, 1.82) is 0 Å². The summed E-state index contributed by atoms with van der Waals surface area (Å²) >= 11 is 0. The van der Waals surface area contributed by atoms with E-state index in [2.05, 4.69) is 38.8 Å². The molecule has 0 saturated carbocycles. The Bertz CT molecular complexity index is 261. The lowest BCUT2D eigenvalue weighted by molar-refractivity contribution is 0.0799. The van der Waals surface area contributed by atoms with Crippen molar-refractivity contribution >= 4 is 8.32 Å². The maximum absolute atomic E-state index is 9.20. The summed E-state index contributed by atoms with van der Waals surface area (Å²) in [6.45, 7) is 13.1. The van der Waals surface area contributed by atoms with E-state index >= 15 is 0 Å². The zero-order valence-corrected chi connectivity index (χ0v) is 13.4. The Kier molecular flexibility index (Phi) is 5.38. The first-order chi connectivity index (χ1) is 8.21. The van der Waals surface area contributed by atoms with E-state index in [9.17, 15) is 10.2 Å². The van der Waals surface area contributed by atoms with Gasteiger partial charge in [-0.25, -0.2) is 0 Å². The molecule has 0 radical (unpaired) electrons. The lowest BCUT2D eigenvalue weighted by Crippen LogP contribution is -2.45. The largest absolute Gasteiger partial charge is 0.413 e. The first-order valence-electron chi connectivity index (χ1n) is 6.85. The predicted octanol–water partition coefficient (Wildman–Crippen LogP) is 1.44. The standard InChI is InChI=1S/C13H29NO3Si/c1-13(2,3)18(4,5)17-12-6-7-14(8-12)11(9-15)10-16/h11-12,15-16H,6-10H2,1-5H3/t12-/m0/s1. The molecule has 0 aromatic carbocycles. The Morgan fingerprint density at radius 1 is 1.28 bits per heavy atom. The summed E-state index contributed by atoms with van der Waals surface area (Å²) in [5.74, 6) is 0. The van der Waals surface area contributed by atoms with Gasteiger partial charge in [-0.15, -0.1) is 0 Å². The zero-order chi connectivity index (χ0) is 14.0. The Morgan fingerprint density at radius 2 is 1.83 bits per heavy atom. The molecule has 0 aromatic rings. The molecule has 0 amide bonds. The molecule has 0 aromatic heterocycles. The monoisotopic (exact) mass is 275 g/mol. The summed E-state index contributed by atoms with van der Waals surface area (Å²) in [7, 11) is -1.71. The molecule has 18 heavy (non-hydrogen) atoms. The molecular weight excluding hydrogens is 246 g/mol. The minimum absolute atomic E-state index is 0.0172. The molecule has 1 aliphatic rings. The summed E-state index contributed by atoms with van der Waals surface area (Å²) in [5, 5.41) is 18.6. The smallest absolute Gasteiger partial charge is 0.192 e. The highest BCUT2D eigenvalue weighted by atomic mass is 28.4. The van der Waals surface area contributed by atoms with Crippen LogP contribution >= 0.6 is 0 Å². The van der Waals surface area contributed by atoms with Gasteiger partial charge in [0.15, 0.2) is 8.32 Å². The molecule has 1 atom stereocenters. The fraction of sp³-hybridized carbons (Fsp3) is 1.00. The van der Waals surface area contributed by atoms with Crippen LogP contribution in [0.25, 0.3) is 0 Å². The fourth-order valence-corrected chi connectivity index (χ4v) is 3.44. The summed E-state index contributed by atoms with van der Waals surface area (Å²) in [6.07, 6.45) is 1.26. The average molecular weight is 275 g/mol. The van der Waals surface area contributed by atoms with Crippen LogP contribution in [0.1, 0.15) is 27.2 Å². The van der Waals surface area contributed by atoms with Gasteiger partial charge in [-0.1, -0.05) is 20.8 Å². The number of hydrogen-bond donors (Lipinski definition) is 2. The minimum atomic E-state index is -1.71. The normalized spacial score (nSPS) is 23.0. The molecule has 2 N–H and O–H groups in total. The molecule has 1 rings (SSSR count). The first kappa shape index (κ1) is 16.1. The Labute approximate surface area is 112 Å². The van der Waals surface area contributed by atoms with Crippen LogP contribution in [0.5, 0.6) is 0 Å². The molecule has 0 aliphatic carbocycles. The molecule has 0 bridgehead atoms. The van der Waals surface area contributed by atoms with E-state index in [1.165, 1.54) is 0 Å². The third-order valence-electron chi connectivity index (χ3n) is 4.38. The topological polar surface area (TPSA) is 52.9 Å². The molecule has 0 spiro atoms. The quantitative estimate of drug-likeness (QED) is 0.746. The second-order valence-corrected chi connectivity index (χ2v) is 11.6. The van der Waals surface area contributed by atoms with E-state index in [1.54, 1.807) is 0 Å². The van der Waals surface area contributed by atoms with Gasteiger partial charge in [0.25, 0.3) is 0 Å². The highest BCUT2D eigenvalue weighted by Gasteiger charge is 2.41. The van der Waals surface area contributed by atoms with Crippen LogP contribution in [0, 0.1) is 0 Å². The third kappa shape index (κ3) is 3.77. The fourth-order valence-electron chi connectivity index (χ4n) is 2.06. The Hall–Kier alpha value is 0.0569.